The van der Waals surface area contributed by atoms with E-state index in [1.807, 2.05) is 13.8 Å². The Bertz CT molecular complexity index is 538. The third-order valence-electron chi connectivity index (χ3n) is 2.67. The lowest BCUT2D eigenvalue weighted by atomic mass is 10.2. The number of carboxylic acids is 1. The van der Waals surface area contributed by atoms with Crippen molar-refractivity contribution in [1.29, 1.82) is 0 Å². The topological polar surface area (TPSA) is 97.6 Å². The Morgan fingerprint density at radius 1 is 1.50 bits per heavy atom. The highest BCUT2D eigenvalue weighted by Gasteiger charge is 2.10. The van der Waals surface area contributed by atoms with Gasteiger partial charge in [0.05, 0.1) is 0 Å². The summed E-state index contributed by atoms with van der Waals surface area (Å²) >= 11 is 0. The predicted octanol–water partition coefficient (Wildman–Crippen LogP) is 0.226. The number of carbonyl (C=O) groups is 2. The lowest BCUT2D eigenvalue weighted by Gasteiger charge is -2.12. The molecule has 0 bridgehead atoms. The number of pyridine rings is 1. The van der Waals surface area contributed by atoms with Gasteiger partial charge in [0.25, 0.3) is 11.5 Å². The Labute approximate surface area is 116 Å². The molecule has 0 saturated heterocycles. The number of aliphatic carboxylic acids is 1. The Kier molecular flexibility index (Phi) is 5.76. The van der Waals surface area contributed by atoms with E-state index in [0.717, 1.165) is 11.0 Å². The molecule has 0 aliphatic carbocycles. The van der Waals surface area contributed by atoms with Crippen molar-refractivity contribution in [3.05, 3.63) is 28.7 Å². The lowest BCUT2D eigenvalue weighted by Crippen LogP contribution is -2.36. The number of rotatable bonds is 7. The SMILES string of the molecule is CCC(C)NC(=O)COc1cccn(CC(=O)O)c1=O. The summed E-state index contributed by atoms with van der Waals surface area (Å²) in [6, 6.07) is 2.93. The number of aromatic nitrogens is 1. The van der Waals surface area contributed by atoms with Crippen molar-refractivity contribution in [3.63, 3.8) is 0 Å². The second-order valence-electron chi connectivity index (χ2n) is 4.36. The summed E-state index contributed by atoms with van der Waals surface area (Å²) in [5.41, 5.74) is -0.578. The quantitative estimate of drug-likeness (QED) is 0.746. The Morgan fingerprint density at radius 3 is 2.80 bits per heavy atom. The molecule has 0 radical (unpaired) electrons. The Morgan fingerprint density at radius 2 is 2.20 bits per heavy atom. The van der Waals surface area contributed by atoms with Gasteiger partial charge >= 0.3 is 5.97 Å². The molecule has 110 valence electrons. The number of carbonyl (C=O) groups excluding carboxylic acids is 1. The van der Waals surface area contributed by atoms with Crippen LogP contribution in [0, 0.1) is 0 Å². The molecule has 1 atom stereocenters. The van der Waals surface area contributed by atoms with Crippen molar-refractivity contribution < 1.29 is 19.4 Å². The molecule has 7 heteroatoms. The average Bonchev–Trinajstić information content (AvgIpc) is 2.39. The van der Waals surface area contributed by atoms with Crippen LogP contribution in [0.3, 0.4) is 0 Å². The van der Waals surface area contributed by atoms with Crippen molar-refractivity contribution in [3.8, 4) is 5.75 Å². The smallest absolute Gasteiger partial charge is 0.323 e. The van der Waals surface area contributed by atoms with Gasteiger partial charge < -0.3 is 19.7 Å². The van der Waals surface area contributed by atoms with Gasteiger partial charge in [-0.05, 0) is 25.5 Å². The molecule has 20 heavy (non-hydrogen) atoms. The zero-order valence-electron chi connectivity index (χ0n) is 11.5. The first-order chi connectivity index (χ1) is 9.43. The highest BCUT2D eigenvalue weighted by Crippen LogP contribution is 2.02. The van der Waals surface area contributed by atoms with E-state index in [4.69, 9.17) is 9.84 Å². The molecule has 0 aliphatic rings. The van der Waals surface area contributed by atoms with E-state index in [9.17, 15) is 14.4 Å². The van der Waals surface area contributed by atoms with Crippen LogP contribution in [0.25, 0.3) is 0 Å². The first-order valence-corrected chi connectivity index (χ1v) is 6.27. The molecule has 0 aromatic carbocycles. The van der Waals surface area contributed by atoms with Crippen LogP contribution in [-0.2, 0) is 16.1 Å². The van der Waals surface area contributed by atoms with Crippen LogP contribution in [0.5, 0.6) is 5.75 Å². The second kappa shape index (κ2) is 7.32. The first kappa shape index (κ1) is 15.7. The van der Waals surface area contributed by atoms with Crippen molar-refractivity contribution in [1.82, 2.24) is 9.88 Å². The molecule has 1 heterocycles. The fourth-order valence-corrected chi connectivity index (χ4v) is 1.46. The minimum absolute atomic E-state index is 0.0329. The van der Waals surface area contributed by atoms with Gasteiger partial charge in [-0.3, -0.25) is 14.4 Å². The maximum Gasteiger partial charge on any atom is 0.323 e. The van der Waals surface area contributed by atoms with Gasteiger partial charge in [-0.15, -0.1) is 0 Å². The number of ether oxygens (including phenoxy) is 1. The summed E-state index contributed by atoms with van der Waals surface area (Å²) in [6.45, 7) is 3.07. The average molecular weight is 282 g/mol. The van der Waals surface area contributed by atoms with Crippen LogP contribution in [-0.4, -0.2) is 34.2 Å². The minimum Gasteiger partial charge on any atom is -0.480 e. The second-order valence-corrected chi connectivity index (χ2v) is 4.36. The van der Waals surface area contributed by atoms with Gasteiger partial charge in [-0.2, -0.15) is 0 Å². The van der Waals surface area contributed by atoms with E-state index in [1.54, 1.807) is 0 Å². The lowest BCUT2D eigenvalue weighted by molar-refractivity contribution is -0.137. The van der Waals surface area contributed by atoms with E-state index >= 15 is 0 Å². The number of hydrogen-bond acceptors (Lipinski definition) is 4. The first-order valence-electron chi connectivity index (χ1n) is 6.27. The highest BCUT2D eigenvalue weighted by atomic mass is 16.5. The molecule has 0 aliphatic heterocycles. The van der Waals surface area contributed by atoms with E-state index in [1.165, 1.54) is 18.3 Å². The third-order valence-corrected chi connectivity index (χ3v) is 2.67. The summed E-state index contributed by atoms with van der Waals surface area (Å²) in [6.07, 6.45) is 2.14. The van der Waals surface area contributed by atoms with E-state index < -0.39 is 18.1 Å². The number of carboxylic acid groups (broad SMARTS) is 1. The summed E-state index contributed by atoms with van der Waals surface area (Å²) in [7, 11) is 0. The molecule has 1 amide bonds. The molecule has 1 unspecified atom stereocenters. The zero-order valence-corrected chi connectivity index (χ0v) is 11.5. The van der Waals surface area contributed by atoms with Gasteiger partial charge in [0.1, 0.15) is 6.54 Å². The third kappa shape index (κ3) is 4.75. The molecule has 0 spiro atoms. The van der Waals surface area contributed by atoms with Crippen molar-refractivity contribution in [2.45, 2.75) is 32.9 Å². The number of nitrogens with one attached hydrogen (secondary N) is 1. The summed E-state index contributed by atoms with van der Waals surface area (Å²) in [5, 5.41) is 11.4. The maximum absolute atomic E-state index is 11.8. The molecule has 7 nitrogen and oxygen atoms in total. The van der Waals surface area contributed by atoms with Crippen molar-refractivity contribution >= 4 is 11.9 Å². The molecule has 1 aromatic rings. The number of amides is 1. The molecular weight excluding hydrogens is 264 g/mol. The predicted molar refractivity (Wildman–Crippen MR) is 71.7 cm³/mol. The van der Waals surface area contributed by atoms with Crippen LogP contribution in [0.4, 0.5) is 0 Å². The van der Waals surface area contributed by atoms with E-state index in [-0.39, 0.29) is 24.3 Å². The molecule has 2 N–H and O–H groups in total. The van der Waals surface area contributed by atoms with E-state index in [2.05, 4.69) is 5.32 Å². The van der Waals surface area contributed by atoms with Crippen LogP contribution in [0.1, 0.15) is 20.3 Å². The van der Waals surface area contributed by atoms with Gasteiger partial charge in [0.15, 0.2) is 12.4 Å². The number of hydrogen-bond donors (Lipinski definition) is 2. The largest absolute Gasteiger partial charge is 0.480 e. The van der Waals surface area contributed by atoms with E-state index in [0.29, 0.717) is 0 Å². The van der Waals surface area contributed by atoms with Crippen molar-refractivity contribution in [2.24, 2.45) is 0 Å². The number of nitrogens with zero attached hydrogens (tertiary/aromatic N) is 1. The minimum atomic E-state index is -1.13. The molecule has 0 saturated carbocycles. The Hall–Kier alpha value is -2.31. The fraction of sp³-hybridized carbons (Fsp3) is 0.462. The van der Waals surface area contributed by atoms with Gasteiger partial charge in [0, 0.05) is 12.2 Å². The summed E-state index contributed by atoms with van der Waals surface area (Å²) < 4.78 is 6.13. The van der Waals surface area contributed by atoms with Crippen LogP contribution < -0.4 is 15.6 Å². The Balaban J connectivity index is 2.67. The van der Waals surface area contributed by atoms with Crippen LogP contribution in [0.2, 0.25) is 0 Å². The highest BCUT2D eigenvalue weighted by molar-refractivity contribution is 5.77. The standard InChI is InChI=1S/C13H18N2O5/c1-3-9(2)14-11(16)8-20-10-5-4-6-15(13(10)19)7-12(17)18/h4-6,9H,3,7-8H2,1-2H3,(H,14,16)(H,17,18). The summed E-state index contributed by atoms with van der Waals surface area (Å²) in [5.74, 6) is -1.50. The van der Waals surface area contributed by atoms with Crippen LogP contribution in [0.15, 0.2) is 23.1 Å². The fourth-order valence-electron chi connectivity index (χ4n) is 1.46. The monoisotopic (exact) mass is 282 g/mol. The summed E-state index contributed by atoms with van der Waals surface area (Å²) in [4.78, 5) is 33.9. The normalized spacial score (nSPS) is 11.7. The molecular formula is C13H18N2O5. The van der Waals surface area contributed by atoms with Gasteiger partial charge in [-0.25, -0.2) is 0 Å². The molecule has 0 fully saturated rings. The van der Waals surface area contributed by atoms with Crippen LogP contribution >= 0.6 is 0 Å². The van der Waals surface area contributed by atoms with Gasteiger partial charge in [-0.1, -0.05) is 6.92 Å². The molecule has 1 rings (SSSR count). The maximum atomic E-state index is 11.8. The molecule has 1 aromatic heterocycles. The van der Waals surface area contributed by atoms with Gasteiger partial charge in [0.2, 0.25) is 0 Å². The zero-order chi connectivity index (χ0) is 15.1. The van der Waals surface area contributed by atoms with Crippen molar-refractivity contribution in [2.75, 3.05) is 6.61 Å².